The molecule has 1 heterocycles. The van der Waals surface area contributed by atoms with E-state index in [0.29, 0.717) is 16.7 Å². The first-order valence-corrected chi connectivity index (χ1v) is 6.82. The van der Waals surface area contributed by atoms with E-state index in [4.69, 9.17) is 0 Å². The van der Waals surface area contributed by atoms with Crippen molar-refractivity contribution in [3.63, 3.8) is 0 Å². The average Bonchev–Trinajstić information content (AvgIpc) is 2.82. The third kappa shape index (κ3) is 4.48. The minimum atomic E-state index is -4.39. The van der Waals surface area contributed by atoms with E-state index in [1.165, 1.54) is 12.1 Å². The van der Waals surface area contributed by atoms with Gasteiger partial charge in [0.1, 0.15) is 5.82 Å². The van der Waals surface area contributed by atoms with E-state index in [2.05, 4.69) is 20.5 Å². The largest absolute Gasteiger partial charge is 0.416 e. The van der Waals surface area contributed by atoms with Crippen LogP contribution in [0.1, 0.15) is 11.4 Å². The lowest BCUT2D eigenvalue weighted by Gasteiger charge is -2.08. The van der Waals surface area contributed by atoms with Crippen LogP contribution < -0.4 is 5.32 Å². The molecule has 0 bridgehead atoms. The summed E-state index contributed by atoms with van der Waals surface area (Å²) in [6.45, 7) is 1.74. The van der Waals surface area contributed by atoms with Gasteiger partial charge in [-0.15, -0.1) is 5.10 Å². The van der Waals surface area contributed by atoms with Crippen LogP contribution in [0.15, 0.2) is 29.4 Å². The molecule has 0 aliphatic carbocycles. The molecule has 0 fully saturated rings. The Bertz CT molecular complexity index is 624. The number of halogens is 3. The topological polar surface area (TPSA) is 70.7 Å². The highest BCUT2D eigenvalue weighted by Gasteiger charge is 2.29. The fourth-order valence-electron chi connectivity index (χ4n) is 1.46. The van der Waals surface area contributed by atoms with Gasteiger partial charge in [0.25, 0.3) is 0 Å². The van der Waals surface area contributed by atoms with E-state index in [1.54, 1.807) is 6.92 Å². The highest BCUT2D eigenvalue weighted by atomic mass is 32.2. The molecule has 1 amide bonds. The van der Waals surface area contributed by atoms with E-state index in [0.717, 1.165) is 23.9 Å². The summed E-state index contributed by atoms with van der Waals surface area (Å²) in [5.41, 5.74) is -0.453. The van der Waals surface area contributed by atoms with Gasteiger partial charge in [0.2, 0.25) is 11.1 Å². The molecule has 2 N–H and O–H groups in total. The molecule has 0 radical (unpaired) electrons. The van der Waals surface area contributed by atoms with Crippen LogP contribution in [0.4, 0.5) is 18.9 Å². The van der Waals surface area contributed by atoms with Crippen molar-refractivity contribution in [1.82, 2.24) is 15.2 Å². The van der Waals surface area contributed by atoms with Crippen LogP contribution in [0.3, 0.4) is 0 Å². The number of nitrogens with one attached hydrogen (secondary N) is 2. The summed E-state index contributed by atoms with van der Waals surface area (Å²) in [4.78, 5) is 15.7. The van der Waals surface area contributed by atoms with Gasteiger partial charge in [0.15, 0.2) is 0 Å². The summed E-state index contributed by atoms with van der Waals surface area (Å²) in [7, 11) is 0. The van der Waals surface area contributed by atoms with Crippen molar-refractivity contribution in [3.8, 4) is 0 Å². The second kappa shape index (κ2) is 6.17. The van der Waals surface area contributed by atoms with Crippen LogP contribution in [-0.4, -0.2) is 26.8 Å². The number of aromatic nitrogens is 3. The van der Waals surface area contributed by atoms with Crippen molar-refractivity contribution in [2.45, 2.75) is 18.3 Å². The number of anilines is 1. The first-order valence-electron chi connectivity index (χ1n) is 5.83. The molecule has 0 aliphatic heterocycles. The van der Waals surface area contributed by atoms with Gasteiger partial charge in [-0.3, -0.25) is 9.89 Å². The normalized spacial score (nSPS) is 11.4. The third-order valence-electron chi connectivity index (χ3n) is 2.41. The number of aryl methyl sites for hydroxylation is 1. The highest BCUT2D eigenvalue weighted by Crippen LogP contribution is 2.29. The van der Waals surface area contributed by atoms with Crippen LogP contribution in [0, 0.1) is 6.92 Å². The summed E-state index contributed by atoms with van der Waals surface area (Å²) in [6.07, 6.45) is -4.39. The number of amides is 1. The van der Waals surface area contributed by atoms with Gasteiger partial charge in [0, 0.05) is 5.69 Å². The zero-order chi connectivity index (χ0) is 15.5. The van der Waals surface area contributed by atoms with Crippen LogP contribution in [0.2, 0.25) is 0 Å². The van der Waals surface area contributed by atoms with E-state index in [-0.39, 0.29) is 11.7 Å². The maximum Gasteiger partial charge on any atom is 0.416 e. The van der Waals surface area contributed by atoms with Gasteiger partial charge in [-0.1, -0.05) is 11.8 Å². The first-order chi connectivity index (χ1) is 9.84. The second-order valence-corrected chi connectivity index (χ2v) is 5.06. The molecule has 2 rings (SSSR count). The molecule has 1 aromatic carbocycles. The monoisotopic (exact) mass is 316 g/mol. The number of nitrogens with zero attached hydrogens (tertiary/aromatic N) is 2. The molecule has 112 valence electrons. The lowest BCUT2D eigenvalue weighted by atomic mass is 10.2. The lowest BCUT2D eigenvalue weighted by Crippen LogP contribution is -2.14. The Labute approximate surface area is 122 Å². The maximum atomic E-state index is 12.4. The molecule has 1 aromatic heterocycles. The van der Waals surface area contributed by atoms with Gasteiger partial charge < -0.3 is 5.32 Å². The zero-order valence-corrected chi connectivity index (χ0v) is 11.7. The summed E-state index contributed by atoms with van der Waals surface area (Å²) >= 11 is 1.13. The molecule has 5 nitrogen and oxygen atoms in total. The van der Waals surface area contributed by atoms with Crippen molar-refractivity contribution in [1.29, 1.82) is 0 Å². The number of thioether (sulfide) groups is 1. The van der Waals surface area contributed by atoms with Crippen molar-refractivity contribution in [3.05, 3.63) is 35.7 Å². The molecule has 0 unspecified atom stereocenters. The van der Waals surface area contributed by atoms with Gasteiger partial charge in [-0.2, -0.15) is 13.2 Å². The minimum absolute atomic E-state index is 0.0678. The molecule has 2 aromatic rings. The van der Waals surface area contributed by atoms with Crippen molar-refractivity contribution >= 4 is 23.4 Å². The van der Waals surface area contributed by atoms with Crippen LogP contribution in [-0.2, 0) is 11.0 Å². The van der Waals surface area contributed by atoms with Crippen molar-refractivity contribution in [2.75, 3.05) is 11.1 Å². The molecular weight excluding hydrogens is 305 g/mol. The molecular formula is C12H11F3N4OS. The number of carbonyl (C=O) groups excluding carboxylic acids is 1. The molecule has 0 aliphatic rings. The summed E-state index contributed by atoms with van der Waals surface area (Å²) in [6, 6.07) is 4.26. The van der Waals surface area contributed by atoms with Crippen LogP contribution >= 0.6 is 11.8 Å². The van der Waals surface area contributed by atoms with E-state index in [9.17, 15) is 18.0 Å². The molecule has 0 saturated carbocycles. The number of benzene rings is 1. The van der Waals surface area contributed by atoms with Crippen LogP contribution in [0.25, 0.3) is 0 Å². The summed E-state index contributed by atoms with van der Waals surface area (Å²) < 4.78 is 37.2. The lowest BCUT2D eigenvalue weighted by molar-refractivity contribution is -0.137. The Hall–Kier alpha value is -2.03. The third-order valence-corrected chi connectivity index (χ3v) is 3.25. The molecule has 0 atom stereocenters. The molecule has 0 saturated heterocycles. The van der Waals surface area contributed by atoms with Gasteiger partial charge in [0.05, 0.1) is 11.3 Å². The Balaban J connectivity index is 1.88. The smallest absolute Gasteiger partial charge is 0.325 e. The quantitative estimate of drug-likeness (QED) is 0.851. The Kier molecular flexibility index (Phi) is 4.51. The van der Waals surface area contributed by atoms with E-state index >= 15 is 0 Å². The number of aromatic amines is 1. The average molecular weight is 316 g/mol. The SMILES string of the molecule is Cc1nc(SCC(=O)Nc2ccc(C(F)(F)F)cc2)n[nH]1. The maximum absolute atomic E-state index is 12.4. The van der Waals surface area contributed by atoms with Crippen LogP contribution in [0.5, 0.6) is 0 Å². The number of alkyl halides is 3. The van der Waals surface area contributed by atoms with Crippen molar-refractivity contribution < 1.29 is 18.0 Å². The number of H-pyrrole nitrogens is 1. The number of carbonyl (C=O) groups is 1. The fraction of sp³-hybridized carbons (Fsp3) is 0.250. The van der Waals surface area contributed by atoms with E-state index in [1.807, 2.05) is 0 Å². The Morgan fingerprint density at radius 1 is 1.33 bits per heavy atom. The number of rotatable bonds is 4. The fourth-order valence-corrected chi connectivity index (χ4v) is 2.10. The number of hydrogen-bond donors (Lipinski definition) is 2. The number of hydrogen-bond acceptors (Lipinski definition) is 4. The molecule has 21 heavy (non-hydrogen) atoms. The van der Waals surface area contributed by atoms with Gasteiger partial charge >= 0.3 is 6.18 Å². The van der Waals surface area contributed by atoms with Gasteiger partial charge in [-0.05, 0) is 31.2 Å². The molecule has 9 heteroatoms. The predicted molar refractivity (Wildman–Crippen MR) is 71.9 cm³/mol. The first kappa shape index (κ1) is 15.4. The summed E-state index contributed by atoms with van der Waals surface area (Å²) in [5, 5.41) is 9.44. The Morgan fingerprint density at radius 3 is 2.52 bits per heavy atom. The second-order valence-electron chi connectivity index (χ2n) is 4.12. The Morgan fingerprint density at radius 2 is 2.00 bits per heavy atom. The van der Waals surface area contributed by atoms with Crippen molar-refractivity contribution in [2.24, 2.45) is 0 Å². The molecule has 0 spiro atoms. The zero-order valence-electron chi connectivity index (χ0n) is 10.9. The minimum Gasteiger partial charge on any atom is -0.325 e. The van der Waals surface area contributed by atoms with Gasteiger partial charge in [-0.25, -0.2) is 4.98 Å². The summed E-state index contributed by atoms with van der Waals surface area (Å²) in [5.74, 6) is 0.362. The standard InChI is InChI=1S/C12H11F3N4OS/c1-7-16-11(19-18-7)21-6-10(20)17-9-4-2-8(3-5-9)12(13,14)15/h2-5H,6H2,1H3,(H,17,20)(H,16,18,19). The van der Waals surface area contributed by atoms with E-state index < -0.39 is 11.7 Å². The predicted octanol–water partition coefficient (Wildman–Crippen LogP) is 2.86. The highest BCUT2D eigenvalue weighted by molar-refractivity contribution is 7.99.